The van der Waals surface area contributed by atoms with Crippen LogP contribution in [0.3, 0.4) is 0 Å². The highest BCUT2D eigenvalue weighted by molar-refractivity contribution is 14.0. The number of piperazine rings is 1. The molecule has 0 atom stereocenters. The molecule has 0 spiro atoms. The number of aliphatic imine (C=N–C) groups is 1. The van der Waals surface area contributed by atoms with Crippen LogP contribution in [-0.4, -0.2) is 63.7 Å². The third-order valence-electron chi connectivity index (χ3n) is 4.14. The van der Waals surface area contributed by atoms with Crippen molar-refractivity contribution in [1.29, 1.82) is 0 Å². The molecule has 0 amide bonds. The highest BCUT2D eigenvalue weighted by Crippen LogP contribution is 2.25. The number of carbonyl (C=O) groups is 1. The third kappa shape index (κ3) is 6.22. The van der Waals surface area contributed by atoms with Gasteiger partial charge in [-0.25, -0.2) is 0 Å². The molecule has 1 fully saturated rings. The zero-order valence-electron chi connectivity index (χ0n) is 14.9. The lowest BCUT2D eigenvalue weighted by Gasteiger charge is -2.38. The summed E-state index contributed by atoms with van der Waals surface area (Å²) in [4.78, 5) is 20.0. The first kappa shape index (κ1) is 21.8. The first-order valence-corrected chi connectivity index (χ1v) is 8.46. The Hall–Kier alpha value is -1.22. The molecule has 8 heteroatoms. The van der Waals surface area contributed by atoms with E-state index in [9.17, 15) is 4.79 Å². The van der Waals surface area contributed by atoms with Gasteiger partial charge in [-0.3, -0.25) is 9.79 Å². The molecule has 25 heavy (non-hydrogen) atoms. The van der Waals surface area contributed by atoms with Gasteiger partial charge < -0.3 is 19.9 Å². The maximum absolute atomic E-state index is 11.2. The van der Waals surface area contributed by atoms with Crippen molar-refractivity contribution in [3.63, 3.8) is 0 Å². The average Bonchev–Trinajstić information content (AvgIpc) is 2.61. The van der Waals surface area contributed by atoms with Crippen LogP contribution in [0.1, 0.15) is 12.0 Å². The number of rotatable bonds is 4. The van der Waals surface area contributed by atoms with Crippen molar-refractivity contribution in [2.45, 2.75) is 13.3 Å². The average molecular weight is 481 g/mol. The van der Waals surface area contributed by atoms with Gasteiger partial charge in [0.2, 0.25) is 0 Å². The molecule has 1 aromatic carbocycles. The number of esters is 1. The van der Waals surface area contributed by atoms with E-state index in [1.165, 1.54) is 18.4 Å². The number of aryl methyl sites for hydroxylation is 1. The highest BCUT2D eigenvalue weighted by atomic mass is 127. The molecule has 0 aromatic heterocycles. The molecule has 0 radical (unpaired) electrons. The second-order valence-electron chi connectivity index (χ2n) is 5.71. The van der Waals surface area contributed by atoms with Crippen molar-refractivity contribution in [3.05, 3.63) is 28.8 Å². The molecule has 1 aliphatic rings. The normalized spacial score (nSPS) is 14.8. The summed E-state index contributed by atoms with van der Waals surface area (Å²) < 4.78 is 4.65. The fourth-order valence-electron chi connectivity index (χ4n) is 2.79. The van der Waals surface area contributed by atoms with E-state index in [4.69, 9.17) is 11.6 Å². The van der Waals surface area contributed by atoms with E-state index in [-0.39, 0.29) is 29.9 Å². The summed E-state index contributed by atoms with van der Waals surface area (Å²) in [5, 5.41) is 3.98. The largest absolute Gasteiger partial charge is 0.469 e. The van der Waals surface area contributed by atoms with Gasteiger partial charge in [-0.2, -0.15) is 0 Å². The summed E-state index contributed by atoms with van der Waals surface area (Å²) in [7, 11) is 3.15. The Kier molecular flexibility index (Phi) is 9.34. The Balaban J connectivity index is 0.00000312. The Morgan fingerprint density at radius 1 is 1.32 bits per heavy atom. The SMILES string of the molecule is CN=C(NCCC(=O)OC)N1CCN(c2cc(Cl)ccc2C)CC1.I. The number of guanidine groups is 1. The van der Waals surface area contributed by atoms with Crippen LogP contribution in [-0.2, 0) is 9.53 Å². The third-order valence-corrected chi connectivity index (χ3v) is 4.38. The smallest absolute Gasteiger partial charge is 0.307 e. The molecular formula is C17H26ClIN4O2. The number of benzene rings is 1. The monoisotopic (exact) mass is 480 g/mol. The maximum Gasteiger partial charge on any atom is 0.307 e. The van der Waals surface area contributed by atoms with Gasteiger partial charge in [0, 0.05) is 50.5 Å². The fraction of sp³-hybridized carbons (Fsp3) is 0.529. The van der Waals surface area contributed by atoms with Crippen molar-refractivity contribution >= 4 is 53.2 Å². The molecule has 1 aliphatic heterocycles. The lowest BCUT2D eigenvalue weighted by atomic mass is 10.1. The van der Waals surface area contributed by atoms with Crippen LogP contribution in [0.5, 0.6) is 0 Å². The molecule has 0 aliphatic carbocycles. The van der Waals surface area contributed by atoms with Gasteiger partial charge in [-0.05, 0) is 24.6 Å². The minimum Gasteiger partial charge on any atom is -0.469 e. The van der Waals surface area contributed by atoms with Crippen molar-refractivity contribution in [2.24, 2.45) is 4.99 Å². The number of hydrogen-bond donors (Lipinski definition) is 1. The zero-order chi connectivity index (χ0) is 17.5. The number of nitrogens with zero attached hydrogens (tertiary/aromatic N) is 3. The van der Waals surface area contributed by atoms with Gasteiger partial charge in [-0.15, -0.1) is 24.0 Å². The predicted molar refractivity (Wildman–Crippen MR) is 113 cm³/mol. The second kappa shape index (κ2) is 10.7. The van der Waals surface area contributed by atoms with E-state index in [0.29, 0.717) is 13.0 Å². The molecule has 1 heterocycles. The van der Waals surface area contributed by atoms with Gasteiger partial charge >= 0.3 is 5.97 Å². The Bertz CT molecular complexity index is 604. The summed E-state index contributed by atoms with van der Waals surface area (Å²) >= 11 is 6.13. The number of nitrogens with one attached hydrogen (secondary N) is 1. The summed E-state index contributed by atoms with van der Waals surface area (Å²) in [6.45, 7) is 6.16. The Labute approximate surface area is 171 Å². The summed E-state index contributed by atoms with van der Waals surface area (Å²) in [6, 6.07) is 6.00. The van der Waals surface area contributed by atoms with E-state index < -0.39 is 0 Å². The number of hydrogen-bond acceptors (Lipinski definition) is 4. The standard InChI is InChI=1S/C17H25ClN4O2.HI/c1-13-4-5-14(18)12-15(13)21-8-10-22(11-9-21)17(19-2)20-7-6-16(23)24-3;/h4-5,12H,6-11H2,1-3H3,(H,19,20);1H. The van der Waals surface area contributed by atoms with Crippen LogP contribution in [0.2, 0.25) is 5.02 Å². The predicted octanol–water partition coefficient (Wildman–Crippen LogP) is 2.53. The molecule has 1 N–H and O–H groups in total. The minimum atomic E-state index is -0.223. The second-order valence-corrected chi connectivity index (χ2v) is 6.14. The van der Waals surface area contributed by atoms with Gasteiger partial charge in [0.25, 0.3) is 0 Å². The summed E-state index contributed by atoms with van der Waals surface area (Å²) in [5.74, 6) is 0.598. The van der Waals surface area contributed by atoms with E-state index in [1.807, 2.05) is 12.1 Å². The van der Waals surface area contributed by atoms with Crippen LogP contribution in [0.25, 0.3) is 0 Å². The van der Waals surface area contributed by atoms with Crippen LogP contribution in [0.4, 0.5) is 5.69 Å². The van der Waals surface area contributed by atoms with Crippen LogP contribution in [0.15, 0.2) is 23.2 Å². The van der Waals surface area contributed by atoms with Crippen LogP contribution >= 0.6 is 35.6 Å². The van der Waals surface area contributed by atoms with E-state index in [1.54, 1.807) is 7.05 Å². The molecule has 0 unspecified atom stereocenters. The van der Waals surface area contributed by atoms with E-state index >= 15 is 0 Å². The number of anilines is 1. The first-order valence-electron chi connectivity index (χ1n) is 8.08. The van der Waals surface area contributed by atoms with Crippen LogP contribution in [0, 0.1) is 6.92 Å². The molecule has 140 valence electrons. The molecular weight excluding hydrogens is 455 g/mol. The Morgan fingerprint density at radius 3 is 2.60 bits per heavy atom. The fourth-order valence-corrected chi connectivity index (χ4v) is 2.96. The van der Waals surface area contributed by atoms with Gasteiger partial charge in [0.1, 0.15) is 0 Å². The molecule has 0 bridgehead atoms. The summed E-state index contributed by atoms with van der Waals surface area (Å²) in [6.07, 6.45) is 0.331. The number of halogens is 2. The molecule has 0 saturated carbocycles. The first-order chi connectivity index (χ1) is 11.5. The topological polar surface area (TPSA) is 57.2 Å². The summed E-state index contributed by atoms with van der Waals surface area (Å²) in [5.41, 5.74) is 2.42. The number of ether oxygens (including phenoxy) is 1. The van der Waals surface area contributed by atoms with Gasteiger partial charge in [0.15, 0.2) is 5.96 Å². The van der Waals surface area contributed by atoms with Gasteiger partial charge in [0.05, 0.1) is 13.5 Å². The minimum absolute atomic E-state index is 0. The van der Waals surface area contributed by atoms with E-state index in [2.05, 4.69) is 37.8 Å². The lowest BCUT2D eigenvalue weighted by molar-refractivity contribution is -0.140. The molecule has 6 nitrogen and oxygen atoms in total. The molecule has 1 saturated heterocycles. The number of methoxy groups -OCH3 is 1. The quantitative estimate of drug-likeness (QED) is 0.311. The van der Waals surface area contributed by atoms with Crippen LogP contribution < -0.4 is 10.2 Å². The maximum atomic E-state index is 11.2. The number of carbonyl (C=O) groups excluding carboxylic acids is 1. The van der Waals surface area contributed by atoms with Crippen molar-refractivity contribution in [1.82, 2.24) is 10.2 Å². The van der Waals surface area contributed by atoms with E-state index in [0.717, 1.165) is 37.2 Å². The van der Waals surface area contributed by atoms with Crippen molar-refractivity contribution in [3.8, 4) is 0 Å². The Morgan fingerprint density at radius 2 is 2.00 bits per heavy atom. The lowest BCUT2D eigenvalue weighted by Crippen LogP contribution is -2.52. The zero-order valence-corrected chi connectivity index (χ0v) is 18.0. The molecule has 2 rings (SSSR count). The van der Waals surface area contributed by atoms with Gasteiger partial charge in [-0.1, -0.05) is 17.7 Å². The van der Waals surface area contributed by atoms with Crippen molar-refractivity contribution < 1.29 is 9.53 Å². The molecule has 1 aromatic rings. The highest BCUT2D eigenvalue weighted by Gasteiger charge is 2.21. The van der Waals surface area contributed by atoms with Crippen molar-refractivity contribution in [2.75, 3.05) is 51.8 Å².